The summed E-state index contributed by atoms with van der Waals surface area (Å²) in [6.07, 6.45) is 4.30. The zero-order chi connectivity index (χ0) is 23.4. The third-order valence-corrected chi connectivity index (χ3v) is 6.07. The predicted molar refractivity (Wildman–Crippen MR) is 126 cm³/mol. The third-order valence-electron chi connectivity index (χ3n) is 6.07. The van der Waals surface area contributed by atoms with Crippen molar-refractivity contribution in [3.8, 4) is 5.69 Å². The first-order valence-electron chi connectivity index (χ1n) is 11.5. The van der Waals surface area contributed by atoms with Gasteiger partial charge in [-0.1, -0.05) is 25.1 Å². The fraction of sp³-hybridized carbons (Fsp3) is 0.346. The second-order valence-corrected chi connectivity index (χ2v) is 8.40. The quantitative estimate of drug-likeness (QED) is 0.566. The number of carbonyl (C=O) groups excluding carboxylic acids is 2. The first-order valence-corrected chi connectivity index (χ1v) is 11.5. The summed E-state index contributed by atoms with van der Waals surface area (Å²) in [5, 5.41) is 7.58. The number of halogens is 1. The van der Waals surface area contributed by atoms with E-state index in [9.17, 15) is 14.0 Å². The monoisotopic (exact) mass is 448 g/mol. The Morgan fingerprint density at radius 2 is 1.79 bits per heavy atom. The molecular weight excluding hydrogens is 419 g/mol. The van der Waals surface area contributed by atoms with Crippen molar-refractivity contribution in [1.82, 2.24) is 14.7 Å². The maximum atomic E-state index is 13.7. The Balaban J connectivity index is 1.65. The van der Waals surface area contributed by atoms with Crippen LogP contribution in [0.4, 0.5) is 10.1 Å². The normalized spacial score (nSPS) is 13.8. The smallest absolute Gasteiger partial charge is 0.275 e. The Morgan fingerprint density at radius 1 is 1.09 bits per heavy atom. The summed E-state index contributed by atoms with van der Waals surface area (Å²) in [5.74, 6) is -0.801. The molecule has 6 nitrogen and oxygen atoms in total. The molecule has 2 amide bonds. The van der Waals surface area contributed by atoms with Gasteiger partial charge in [0, 0.05) is 23.5 Å². The van der Waals surface area contributed by atoms with Gasteiger partial charge in [-0.25, -0.2) is 9.07 Å². The molecule has 172 valence electrons. The predicted octanol–water partition coefficient (Wildman–Crippen LogP) is 4.77. The lowest BCUT2D eigenvalue weighted by Crippen LogP contribution is -2.46. The van der Waals surface area contributed by atoms with Crippen LogP contribution in [0.25, 0.3) is 5.69 Å². The molecule has 0 fully saturated rings. The van der Waals surface area contributed by atoms with Gasteiger partial charge in [-0.15, -0.1) is 0 Å². The molecule has 1 aromatic heterocycles. The van der Waals surface area contributed by atoms with Gasteiger partial charge in [0.2, 0.25) is 5.91 Å². The molecular formula is C26H29FN4O2. The van der Waals surface area contributed by atoms with Gasteiger partial charge in [-0.3, -0.25) is 9.59 Å². The van der Waals surface area contributed by atoms with Crippen LogP contribution in [0.1, 0.15) is 54.9 Å². The standard InChI is InChI=1S/C26H29FN4O2/c1-3-17-30(18(2)25(32)28-20-9-5-4-6-10-20)26(33)24-22-11-7-8-12-23(22)31(29-24)21-15-13-19(27)14-16-21/h4-6,9-10,13-16,18H,3,7-8,11-12,17H2,1-2H3,(H,28,32). The Kier molecular flexibility index (Phi) is 6.87. The number of nitrogens with zero attached hydrogens (tertiary/aromatic N) is 3. The van der Waals surface area contributed by atoms with Crippen LogP contribution in [0.15, 0.2) is 54.6 Å². The minimum absolute atomic E-state index is 0.241. The van der Waals surface area contributed by atoms with Crippen LogP contribution in [0, 0.1) is 5.82 Å². The number of hydrogen-bond acceptors (Lipinski definition) is 3. The van der Waals surface area contributed by atoms with Crippen LogP contribution < -0.4 is 5.32 Å². The molecule has 4 rings (SSSR count). The highest BCUT2D eigenvalue weighted by molar-refractivity contribution is 6.01. The van der Waals surface area contributed by atoms with Crippen LogP contribution in [0.3, 0.4) is 0 Å². The van der Waals surface area contributed by atoms with Crippen LogP contribution in [-0.4, -0.2) is 39.1 Å². The zero-order valence-corrected chi connectivity index (χ0v) is 19.1. The minimum atomic E-state index is -0.659. The number of fused-ring (bicyclic) bond motifs is 1. The van der Waals surface area contributed by atoms with Crippen molar-refractivity contribution in [2.24, 2.45) is 0 Å². The number of amides is 2. The molecule has 2 aromatic carbocycles. The first kappa shape index (κ1) is 22.7. The second kappa shape index (κ2) is 9.98. The molecule has 33 heavy (non-hydrogen) atoms. The van der Waals surface area contributed by atoms with Crippen molar-refractivity contribution in [2.45, 2.75) is 52.0 Å². The maximum absolute atomic E-state index is 13.7. The molecule has 0 spiro atoms. The highest BCUT2D eigenvalue weighted by Gasteiger charge is 2.32. The molecule has 0 radical (unpaired) electrons. The topological polar surface area (TPSA) is 67.2 Å². The largest absolute Gasteiger partial charge is 0.325 e. The van der Waals surface area contributed by atoms with Crippen molar-refractivity contribution in [1.29, 1.82) is 0 Å². The number of benzene rings is 2. The molecule has 1 aliphatic rings. The lowest BCUT2D eigenvalue weighted by atomic mass is 9.95. The van der Waals surface area contributed by atoms with E-state index in [2.05, 4.69) is 5.32 Å². The van der Waals surface area contributed by atoms with Crippen molar-refractivity contribution in [2.75, 3.05) is 11.9 Å². The van der Waals surface area contributed by atoms with E-state index in [0.29, 0.717) is 17.9 Å². The van der Waals surface area contributed by atoms with E-state index < -0.39 is 6.04 Å². The van der Waals surface area contributed by atoms with Gasteiger partial charge in [0.25, 0.3) is 5.91 Å². The molecule has 3 aromatic rings. The van der Waals surface area contributed by atoms with E-state index in [1.807, 2.05) is 37.3 Å². The summed E-state index contributed by atoms with van der Waals surface area (Å²) in [6, 6.07) is 14.7. The number of nitrogens with one attached hydrogen (secondary N) is 1. The molecule has 1 heterocycles. The van der Waals surface area contributed by atoms with E-state index in [-0.39, 0.29) is 17.6 Å². The second-order valence-electron chi connectivity index (χ2n) is 8.40. The van der Waals surface area contributed by atoms with Gasteiger partial charge < -0.3 is 10.2 Å². The summed E-state index contributed by atoms with van der Waals surface area (Å²) in [4.78, 5) is 28.3. The number of aromatic nitrogens is 2. The molecule has 1 unspecified atom stereocenters. The van der Waals surface area contributed by atoms with Crippen LogP contribution in [0.5, 0.6) is 0 Å². The Hall–Kier alpha value is -3.48. The van der Waals surface area contributed by atoms with Gasteiger partial charge in [-0.2, -0.15) is 5.10 Å². The lowest BCUT2D eigenvalue weighted by molar-refractivity contribution is -0.120. The van der Waals surface area contributed by atoms with Gasteiger partial charge in [0.05, 0.1) is 5.69 Å². The average Bonchev–Trinajstić information content (AvgIpc) is 3.22. The van der Waals surface area contributed by atoms with Crippen molar-refractivity contribution in [3.05, 3.63) is 77.4 Å². The molecule has 1 atom stereocenters. The SMILES string of the molecule is CCCN(C(=O)c1nn(-c2ccc(F)cc2)c2c1CCCC2)C(C)C(=O)Nc1ccccc1. The number of anilines is 1. The highest BCUT2D eigenvalue weighted by Crippen LogP contribution is 2.28. The highest BCUT2D eigenvalue weighted by atomic mass is 19.1. The average molecular weight is 449 g/mol. The van der Waals surface area contributed by atoms with Crippen LogP contribution >= 0.6 is 0 Å². The van der Waals surface area contributed by atoms with Crippen LogP contribution in [-0.2, 0) is 17.6 Å². The van der Waals surface area contributed by atoms with Gasteiger partial charge in [0.1, 0.15) is 11.9 Å². The molecule has 0 saturated carbocycles. The van der Waals surface area contributed by atoms with Gasteiger partial charge >= 0.3 is 0 Å². The molecule has 1 N–H and O–H groups in total. The molecule has 0 bridgehead atoms. The summed E-state index contributed by atoms with van der Waals surface area (Å²) in [6.45, 7) is 4.17. The van der Waals surface area contributed by atoms with E-state index in [4.69, 9.17) is 5.10 Å². The lowest BCUT2D eigenvalue weighted by Gasteiger charge is -2.28. The Labute approximate surface area is 193 Å². The molecule has 0 saturated heterocycles. The first-order chi connectivity index (χ1) is 16.0. The Morgan fingerprint density at radius 3 is 2.48 bits per heavy atom. The van der Waals surface area contributed by atoms with E-state index in [1.165, 1.54) is 12.1 Å². The van der Waals surface area contributed by atoms with Crippen molar-refractivity contribution < 1.29 is 14.0 Å². The molecule has 1 aliphatic carbocycles. The number of para-hydroxylation sites is 1. The van der Waals surface area contributed by atoms with Gasteiger partial charge in [0.15, 0.2) is 5.69 Å². The van der Waals surface area contributed by atoms with Crippen molar-refractivity contribution in [3.63, 3.8) is 0 Å². The molecule has 7 heteroatoms. The fourth-order valence-corrected chi connectivity index (χ4v) is 4.32. The molecule has 0 aliphatic heterocycles. The number of carbonyl (C=O) groups is 2. The summed E-state index contributed by atoms with van der Waals surface area (Å²) >= 11 is 0. The van der Waals surface area contributed by atoms with E-state index in [1.54, 1.807) is 28.6 Å². The Bertz CT molecular complexity index is 1130. The number of rotatable bonds is 7. The van der Waals surface area contributed by atoms with E-state index in [0.717, 1.165) is 49.0 Å². The van der Waals surface area contributed by atoms with Gasteiger partial charge in [-0.05, 0) is 75.4 Å². The third kappa shape index (κ3) is 4.82. The number of hydrogen-bond donors (Lipinski definition) is 1. The zero-order valence-electron chi connectivity index (χ0n) is 19.1. The van der Waals surface area contributed by atoms with E-state index >= 15 is 0 Å². The fourth-order valence-electron chi connectivity index (χ4n) is 4.32. The van der Waals surface area contributed by atoms with Crippen LogP contribution in [0.2, 0.25) is 0 Å². The van der Waals surface area contributed by atoms with Crippen molar-refractivity contribution >= 4 is 17.5 Å². The minimum Gasteiger partial charge on any atom is -0.325 e. The summed E-state index contributed by atoms with van der Waals surface area (Å²) in [7, 11) is 0. The summed E-state index contributed by atoms with van der Waals surface area (Å²) < 4.78 is 15.2. The maximum Gasteiger partial charge on any atom is 0.275 e. The summed E-state index contributed by atoms with van der Waals surface area (Å²) in [5.41, 5.74) is 3.74.